The van der Waals surface area contributed by atoms with E-state index in [9.17, 15) is 4.79 Å². The summed E-state index contributed by atoms with van der Waals surface area (Å²) in [6, 6.07) is 13.8. The number of thioether (sulfide) groups is 1. The molecule has 2 N–H and O–H groups in total. The van der Waals surface area contributed by atoms with Gasteiger partial charge in [-0.25, -0.2) is 0 Å². The minimum atomic E-state index is -0.0416. The Morgan fingerprint density at radius 2 is 1.79 bits per heavy atom. The molecule has 0 aliphatic heterocycles. The van der Waals surface area contributed by atoms with Crippen LogP contribution in [0.3, 0.4) is 0 Å². The van der Waals surface area contributed by atoms with Crippen molar-refractivity contribution in [2.24, 2.45) is 0 Å². The Morgan fingerprint density at radius 1 is 1.07 bits per heavy atom. The Balaban J connectivity index is 1.59. The van der Waals surface area contributed by atoms with E-state index in [2.05, 4.69) is 46.8 Å². The zero-order valence-corrected chi connectivity index (χ0v) is 18.3. The molecule has 29 heavy (non-hydrogen) atoms. The van der Waals surface area contributed by atoms with Crippen LogP contribution >= 0.6 is 23.1 Å². The maximum atomic E-state index is 12.5. The molecule has 1 amide bonds. The van der Waals surface area contributed by atoms with Crippen LogP contribution in [0, 0.1) is 0 Å². The quantitative estimate of drug-likeness (QED) is 0.459. The second kappa shape index (κ2) is 10.3. The summed E-state index contributed by atoms with van der Waals surface area (Å²) in [5.41, 5.74) is 4.08. The molecule has 0 fully saturated rings. The van der Waals surface area contributed by atoms with Gasteiger partial charge in [-0.3, -0.25) is 4.79 Å². The van der Waals surface area contributed by atoms with Crippen molar-refractivity contribution in [3.8, 4) is 5.75 Å². The molecule has 152 valence electrons. The molecule has 2 aromatic carbocycles. The number of para-hydroxylation sites is 3. The first-order valence-electron chi connectivity index (χ1n) is 9.41. The lowest BCUT2D eigenvalue weighted by Gasteiger charge is -2.14. The van der Waals surface area contributed by atoms with Crippen molar-refractivity contribution in [1.29, 1.82) is 0 Å². The number of anilines is 3. The van der Waals surface area contributed by atoms with E-state index in [4.69, 9.17) is 4.74 Å². The number of aromatic nitrogens is 2. The van der Waals surface area contributed by atoms with Gasteiger partial charge in [-0.05, 0) is 36.1 Å². The van der Waals surface area contributed by atoms with Crippen molar-refractivity contribution >= 4 is 45.5 Å². The van der Waals surface area contributed by atoms with E-state index in [1.165, 1.54) is 23.1 Å². The number of ether oxygens (including phenoxy) is 1. The Hall–Kier alpha value is -2.58. The molecule has 0 radical (unpaired) electrons. The molecule has 0 spiro atoms. The Labute approximate surface area is 179 Å². The van der Waals surface area contributed by atoms with Gasteiger partial charge in [-0.1, -0.05) is 67.3 Å². The Bertz CT molecular complexity index is 953. The minimum Gasteiger partial charge on any atom is -0.495 e. The lowest BCUT2D eigenvalue weighted by atomic mass is 10.0. The monoisotopic (exact) mass is 428 g/mol. The van der Waals surface area contributed by atoms with Gasteiger partial charge in [-0.2, -0.15) is 0 Å². The highest BCUT2D eigenvalue weighted by molar-refractivity contribution is 8.01. The van der Waals surface area contributed by atoms with Gasteiger partial charge in [0.2, 0.25) is 11.0 Å². The smallest absolute Gasteiger partial charge is 0.234 e. The third-order valence-electron chi connectivity index (χ3n) is 4.35. The molecule has 0 aliphatic carbocycles. The average molecular weight is 429 g/mol. The molecule has 0 saturated carbocycles. The standard InChI is InChI=1S/C21H24N4O2S2/c1-4-14-9-8-10-15(5-2)19(14)23-18(26)13-28-21-25-24-20(29-21)22-16-11-6-7-12-17(16)27-3/h6-12H,4-5,13H2,1-3H3,(H,22,24)(H,23,26). The van der Waals surface area contributed by atoms with E-state index in [0.29, 0.717) is 5.13 Å². The second-order valence-corrected chi connectivity index (χ2v) is 8.39. The van der Waals surface area contributed by atoms with Crippen molar-refractivity contribution in [2.45, 2.75) is 31.0 Å². The first-order chi connectivity index (χ1) is 14.1. The van der Waals surface area contributed by atoms with Crippen LogP contribution in [0.4, 0.5) is 16.5 Å². The SMILES string of the molecule is CCc1cccc(CC)c1NC(=O)CSc1nnc(Nc2ccccc2OC)s1. The predicted molar refractivity (Wildman–Crippen MR) is 121 cm³/mol. The zero-order valence-electron chi connectivity index (χ0n) is 16.7. The van der Waals surface area contributed by atoms with Gasteiger partial charge in [0.15, 0.2) is 4.34 Å². The van der Waals surface area contributed by atoms with Crippen LogP contribution in [0.1, 0.15) is 25.0 Å². The van der Waals surface area contributed by atoms with Crippen LogP contribution in [-0.2, 0) is 17.6 Å². The fourth-order valence-electron chi connectivity index (χ4n) is 2.89. The van der Waals surface area contributed by atoms with Crippen molar-refractivity contribution < 1.29 is 9.53 Å². The maximum absolute atomic E-state index is 12.5. The van der Waals surface area contributed by atoms with E-state index in [1.807, 2.05) is 30.3 Å². The van der Waals surface area contributed by atoms with Gasteiger partial charge in [0.05, 0.1) is 18.6 Å². The molecule has 3 rings (SSSR count). The average Bonchev–Trinajstić information content (AvgIpc) is 3.20. The molecule has 3 aromatic rings. The minimum absolute atomic E-state index is 0.0416. The van der Waals surface area contributed by atoms with Crippen LogP contribution < -0.4 is 15.4 Å². The summed E-state index contributed by atoms with van der Waals surface area (Å²) in [5, 5.41) is 15.3. The molecule has 0 saturated heterocycles. The van der Waals surface area contributed by atoms with E-state index in [1.54, 1.807) is 7.11 Å². The Kier molecular flexibility index (Phi) is 7.48. The molecule has 0 bridgehead atoms. The number of hydrogen-bond donors (Lipinski definition) is 2. The van der Waals surface area contributed by atoms with E-state index >= 15 is 0 Å². The molecule has 0 atom stereocenters. The van der Waals surface area contributed by atoms with Crippen molar-refractivity contribution in [3.63, 3.8) is 0 Å². The number of methoxy groups -OCH3 is 1. The summed E-state index contributed by atoms with van der Waals surface area (Å²) in [7, 11) is 1.63. The van der Waals surface area contributed by atoms with Gasteiger partial charge in [0, 0.05) is 5.69 Å². The summed E-state index contributed by atoms with van der Waals surface area (Å²) >= 11 is 2.78. The molecule has 6 nitrogen and oxygen atoms in total. The highest BCUT2D eigenvalue weighted by Crippen LogP contribution is 2.31. The van der Waals surface area contributed by atoms with Crippen LogP contribution in [-0.4, -0.2) is 29.0 Å². The predicted octanol–water partition coefficient (Wildman–Crippen LogP) is 5.15. The number of nitrogens with zero attached hydrogens (tertiary/aromatic N) is 2. The third-order valence-corrected chi connectivity index (χ3v) is 6.32. The fraction of sp³-hybridized carbons (Fsp3) is 0.286. The van der Waals surface area contributed by atoms with Gasteiger partial charge in [0.25, 0.3) is 0 Å². The van der Waals surface area contributed by atoms with Crippen LogP contribution in [0.5, 0.6) is 5.75 Å². The highest BCUT2D eigenvalue weighted by Gasteiger charge is 2.13. The lowest BCUT2D eigenvalue weighted by molar-refractivity contribution is -0.113. The maximum Gasteiger partial charge on any atom is 0.234 e. The first kappa shape index (κ1) is 21.1. The first-order valence-corrected chi connectivity index (χ1v) is 11.2. The number of hydrogen-bond acceptors (Lipinski definition) is 7. The van der Waals surface area contributed by atoms with Gasteiger partial charge in [-0.15, -0.1) is 10.2 Å². The number of benzene rings is 2. The summed E-state index contributed by atoms with van der Waals surface area (Å²) in [5.74, 6) is 0.974. The van der Waals surface area contributed by atoms with Crippen molar-refractivity contribution in [3.05, 3.63) is 53.6 Å². The topological polar surface area (TPSA) is 76.1 Å². The third kappa shape index (κ3) is 5.48. The zero-order chi connectivity index (χ0) is 20.6. The summed E-state index contributed by atoms with van der Waals surface area (Å²) in [6.45, 7) is 4.19. The highest BCUT2D eigenvalue weighted by atomic mass is 32.2. The largest absolute Gasteiger partial charge is 0.495 e. The van der Waals surface area contributed by atoms with E-state index in [0.717, 1.165) is 45.4 Å². The van der Waals surface area contributed by atoms with Crippen molar-refractivity contribution in [2.75, 3.05) is 23.5 Å². The summed E-state index contributed by atoms with van der Waals surface area (Å²) in [4.78, 5) is 12.5. The molecular weight excluding hydrogens is 404 g/mol. The number of carbonyl (C=O) groups is 1. The van der Waals surface area contributed by atoms with Gasteiger partial charge >= 0.3 is 0 Å². The van der Waals surface area contributed by atoms with Gasteiger partial charge in [0.1, 0.15) is 5.75 Å². The number of aryl methyl sites for hydroxylation is 2. The molecule has 0 aliphatic rings. The number of carbonyl (C=O) groups excluding carboxylic acids is 1. The molecule has 1 aromatic heterocycles. The normalized spacial score (nSPS) is 10.6. The molecule has 8 heteroatoms. The van der Waals surface area contributed by atoms with Gasteiger partial charge < -0.3 is 15.4 Å². The number of rotatable bonds is 9. The summed E-state index contributed by atoms with van der Waals surface area (Å²) < 4.78 is 6.07. The van der Waals surface area contributed by atoms with E-state index < -0.39 is 0 Å². The van der Waals surface area contributed by atoms with E-state index in [-0.39, 0.29) is 11.7 Å². The molecule has 1 heterocycles. The second-order valence-electron chi connectivity index (χ2n) is 6.19. The summed E-state index contributed by atoms with van der Waals surface area (Å²) in [6.07, 6.45) is 1.76. The molecule has 0 unspecified atom stereocenters. The van der Waals surface area contributed by atoms with Crippen LogP contribution in [0.15, 0.2) is 46.8 Å². The Morgan fingerprint density at radius 3 is 2.48 bits per heavy atom. The number of nitrogens with one attached hydrogen (secondary N) is 2. The van der Waals surface area contributed by atoms with Crippen LogP contribution in [0.25, 0.3) is 0 Å². The number of amides is 1. The fourth-order valence-corrected chi connectivity index (χ4v) is 4.45. The van der Waals surface area contributed by atoms with Crippen molar-refractivity contribution in [1.82, 2.24) is 10.2 Å². The van der Waals surface area contributed by atoms with Crippen LogP contribution in [0.2, 0.25) is 0 Å². The lowest BCUT2D eigenvalue weighted by Crippen LogP contribution is -2.16. The molecular formula is C21H24N4O2S2.